The van der Waals surface area contributed by atoms with E-state index in [0.717, 1.165) is 49.4 Å². The minimum Gasteiger partial charge on any atom is -0.493 e. The molecule has 0 radical (unpaired) electrons. The van der Waals surface area contributed by atoms with Gasteiger partial charge in [-0.05, 0) is 71.3 Å². The Kier molecular flexibility index (Phi) is 6.60. The van der Waals surface area contributed by atoms with Gasteiger partial charge in [0.15, 0.2) is 11.5 Å². The molecule has 0 bridgehead atoms. The molecule has 0 aromatic heterocycles. The van der Waals surface area contributed by atoms with E-state index in [-0.39, 0.29) is 12.0 Å². The van der Waals surface area contributed by atoms with E-state index < -0.39 is 11.6 Å². The molecular weight excluding hydrogens is 384 g/mol. The van der Waals surface area contributed by atoms with Crippen LogP contribution in [-0.2, 0) is 19.8 Å². The number of hydrogen-bond donors (Lipinski definition) is 0. The summed E-state index contributed by atoms with van der Waals surface area (Å²) >= 11 is 0. The van der Waals surface area contributed by atoms with Crippen LogP contribution in [0.25, 0.3) is 0 Å². The van der Waals surface area contributed by atoms with E-state index in [2.05, 4.69) is 29.2 Å². The molecule has 3 rings (SSSR count). The summed E-state index contributed by atoms with van der Waals surface area (Å²) in [4.78, 5) is 19.6. The van der Waals surface area contributed by atoms with Crippen molar-refractivity contribution in [2.45, 2.75) is 63.5 Å². The number of oxime groups is 1. The number of methoxy groups -OCH3 is 2. The van der Waals surface area contributed by atoms with Crippen molar-refractivity contribution in [3.8, 4) is 11.5 Å². The first kappa shape index (κ1) is 22.4. The molecule has 0 amide bonds. The quantitative estimate of drug-likeness (QED) is 0.520. The molecule has 2 atom stereocenters. The summed E-state index contributed by atoms with van der Waals surface area (Å²) in [5.41, 5.74) is 1.80. The Balaban J connectivity index is 1.72. The number of rotatable bonds is 6. The molecule has 0 N–H and O–H groups in total. The predicted octanol–water partition coefficient (Wildman–Crippen LogP) is 3.54. The minimum absolute atomic E-state index is 0.0541. The number of hydrogen-bond acceptors (Lipinski definition) is 7. The summed E-state index contributed by atoms with van der Waals surface area (Å²) in [6.07, 6.45) is 3.73. The topological polar surface area (TPSA) is 69.6 Å². The van der Waals surface area contributed by atoms with Crippen molar-refractivity contribution in [1.29, 1.82) is 0 Å². The Hall–Kier alpha value is -2.28. The Bertz CT molecular complexity index is 801. The van der Waals surface area contributed by atoms with Crippen LogP contribution < -0.4 is 9.47 Å². The van der Waals surface area contributed by atoms with E-state index >= 15 is 0 Å². The van der Waals surface area contributed by atoms with Crippen LogP contribution in [0, 0.1) is 0 Å². The van der Waals surface area contributed by atoms with Crippen LogP contribution in [0.4, 0.5) is 0 Å². The summed E-state index contributed by atoms with van der Waals surface area (Å²) in [5, 5.41) is 4.28. The van der Waals surface area contributed by atoms with Crippen molar-refractivity contribution >= 4 is 11.7 Å². The van der Waals surface area contributed by atoms with E-state index in [1.807, 2.05) is 26.8 Å². The highest BCUT2D eigenvalue weighted by Gasteiger charge is 2.50. The van der Waals surface area contributed by atoms with Crippen LogP contribution in [0.3, 0.4) is 0 Å². The lowest BCUT2D eigenvalue weighted by Gasteiger charge is -2.42. The highest BCUT2D eigenvalue weighted by atomic mass is 16.7. The third kappa shape index (κ3) is 4.72. The Morgan fingerprint density at radius 3 is 2.60 bits per heavy atom. The third-order valence-corrected chi connectivity index (χ3v) is 6.12. The van der Waals surface area contributed by atoms with Crippen LogP contribution in [-0.4, -0.2) is 62.6 Å². The molecule has 2 fully saturated rings. The van der Waals surface area contributed by atoms with Crippen molar-refractivity contribution in [3.05, 3.63) is 23.8 Å². The number of esters is 1. The Morgan fingerprint density at radius 2 is 1.93 bits per heavy atom. The Morgan fingerprint density at radius 1 is 1.20 bits per heavy atom. The molecule has 1 aliphatic heterocycles. The van der Waals surface area contributed by atoms with Gasteiger partial charge < -0.3 is 23.9 Å². The molecule has 0 unspecified atom stereocenters. The SMILES string of the molecule is COc1ccc([C@@]23CC/C(=N\OCC(=O)OC(C)(C)C)C[C@@H]2N(C)CC3)cc1OC. The number of carbonyl (C=O) groups excluding carboxylic acids is 1. The summed E-state index contributed by atoms with van der Waals surface area (Å²) in [6.45, 7) is 6.37. The zero-order valence-electron chi connectivity index (χ0n) is 19.0. The van der Waals surface area contributed by atoms with Gasteiger partial charge in [-0.1, -0.05) is 11.2 Å². The van der Waals surface area contributed by atoms with Crippen LogP contribution in [0.1, 0.15) is 52.0 Å². The van der Waals surface area contributed by atoms with Gasteiger partial charge in [0, 0.05) is 17.9 Å². The fourth-order valence-corrected chi connectivity index (χ4v) is 4.71. The second-order valence-corrected chi connectivity index (χ2v) is 9.19. The second kappa shape index (κ2) is 8.84. The maximum Gasteiger partial charge on any atom is 0.347 e. The average molecular weight is 419 g/mol. The normalized spacial score (nSPS) is 25.7. The van der Waals surface area contributed by atoms with Gasteiger partial charge in [0.1, 0.15) is 5.60 Å². The van der Waals surface area contributed by atoms with Crippen LogP contribution >= 0.6 is 0 Å². The summed E-state index contributed by atoms with van der Waals surface area (Å²) < 4.78 is 16.2. The second-order valence-electron chi connectivity index (χ2n) is 9.19. The van der Waals surface area contributed by atoms with Gasteiger partial charge in [-0.3, -0.25) is 0 Å². The molecular formula is C23H34N2O5. The monoisotopic (exact) mass is 418 g/mol. The number of likely N-dealkylation sites (tertiary alicyclic amines) is 1. The molecule has 166 valence electrons. The average Bonchev–Trinajstić information content (AvgIpc) is 3.03. The maximum absolute atomic E-state index is 11.8. The standard InChI is InChI=1S/C23H34N2O5/c1-22(2,3)30-21(26)15-29-24-17-9-10-23(11-12-25(4)20(23)14-17)16-7-8-18(27-5)19(13-16)28-6/h7-8,13,20H,9-12,14-15H2,1-6H3/b24-17+/t20-,23-/m0/s1. The fourth-order valence-electron chi connectivity index (χ4n) is 4.71. The molecule has 1 heterocycles. The molecule has 2 aliphatic rings. The lowest BCUT2D eigenvalue weighted by atomic mass is 9.65. The van der Waals surface area contributed by atoms with E-state index in [4.69, 9.17) is 19.0 Å². The van der Waals surface area contributed by atoms with Crippen molar-refractivity contribution in [2.24, 2.45) is 5.16 Å². The largest absolute Gasteiger partial charge is 0.493 e. The molecule has 1 saturated heterocycles. The number of benzene rings is 1. The van der Waals surface area contributed by atoms with Gasteiger partial charge in [-0.2, -0.15) is 0 Å². The zero-order valence-corrected chi connectivity index (χ0v) is 19.0. The van der Waals surface area contributed by atoms with Crippen molar-refractivity contribution < 1.29 is 23.8 Å². The molecule has 7 heteroatoms. The first-order valence-electron chi connectivity index (χ1n) is 10.5. The van der Waals surface area contributed by atoms with Gasteiger partial charge in [-0.25, -0.2) is 4.79 Å². The number of likely N-dealkylation sites (N-methyl/N-ethyl adjacent to an activating group) is 1. The van der Waals surface area contributed by atoms with Gasteiger partial charge in [0.2, 0.25) is 6.61 Å². The molecule has 1 aromatic rings. The first-order valence-corrected chi connectivity index (χ1v) is 10.5. The smallest absolute Gasteiger partial charge is 0.347 e. The van der Waals surface area contributed by atoms with Crippen molar-refractivity contribution in [1.82, 2.24) is 4.90 Å². The van der Waals surface area contributed by atoms with E-state index in [1.54, 1.807) is 14.2 Å². The molecule has 1 aromatic carbocycles. The number of fused-ring (bicyclic) bond motifs is 1. The highest BCUT2D eigenvalue weighted by Crippen LogP contribution is 2.49. The summed E-state index contributed by atoms with van der Waals surface area (Å²) in [5.74, 6) is 1.10. The van der Waals surface area contributed by atoms with Gasteiger partial charge >= 0.3 is 5.97 Å². The predicted molar refractivity (Wildman–Crippen MR) is 115 cm³/mol. The van der Waals surface area contributed by atoms with Crippen LogP contribution in [0.15, 0.2) is 23.4 Å². The number of carbonyl (C=O) groups is 1. The van der Waals surface area contributed by atoms with Crippen LogP contribution in [0.5, 0.6) is 11.5 Å². The molecule has 1 aliphatic carbocycles. The van der Waals surface area contributed by atoms with Crippen molar-refractivity contribution in [2.75, 3.05) is 34.4 Å². The molecule has 30 heavy (non-hydrogen) atoms. The van der Waals surface area contributed by atoms with E-state index in [1.165, 1.54) is 5.56 Å². The van der Waals surface area contributed by atoms with Crippen molar-refractivity contribution in [3.63, 3.8) is 0 Å². The number of nitrogens with zero attached hydrogens (tertiary/aromatic N) is 2. The first-order chi connectivity index (χ1) is 14.2. The summed E-state index contributed by atoms with van der Waals surface area (Å²) in [7, 11) is 5.49. The van der Waals surface area contributed by atoms with Gasteiger partial charge in [-0.15, -0.1) is 0 Å². The number of ether oxygens (including phenoxy) is 3. The zero-order chi connectivity index (χ0) is 21.9. The van der Waals surface area contributed by atoms with E-state index in [9.17, 15) is 4.79 Å². The van der Waals surface area contributed by atoms with Gasteiger partial charge in [0.25, 0.3) is 0 Å². The van der Waals surface area contributed by atoms with Crippen LogP contribution in [0.2, 0.25) is 0 Å². The van der Waals surface area contributed by atoms with E-state index in [0.29, 0.717) is 6.04 Å². The minimum atomic E-state index is -0.524. The lowest BCUT2D eigenvalue weighted by Crippen LogP contribution is -2.46. The molecule has 7 nitrogen and oxygen atoms in total. The summed E-state index contributed by atoms with van der Waals surface area (Å²) in [6, 6.07) is 6.60. The highest BCUT2D eigenvalue weighted by molar-refractivity contribution is 5.86. The van der Waals surface area contributed by atoms with Gasteiger partial charge in [0.05, 0.1) is 19.9 Å². The third-order valence-electron chi connectivity index (χ3n) is 6.12. The Labute approximate surface area is 179 Å². The molecule has 1 saturated carbocycles. The lowest BCUT2D eigenvalue weighted by molar-refractivity contribution is -0.160. The fraction of sp³-hybridized carbons (Fsp3) is 0.652. The molecule has 0 spiro atoms. The maximum atomic E-state index is 11.8.